The monoisotopic (exact) mass is 345 g/mol. The molecule has 130 valence electrons. The Labute approximate surface area is 150 Å². The predicted molar refractivity (Wildman–Crippen MR) is 103 cm³/mol. The summed E-state index contributed by atoms with van der Waals surface area (Å²) in [5.41, 5.74) is 2.27. The van der Waals surface area contributed by atoms with Crippen LogP contribution < -0.4 is 5.56 Å². The summed E-state index contributed by atoms with van der Waals surface area (Å²) in [5.74, 6) is -0.0935. The third kappa shape index (κ3) is 2.58. The number of pyridine rings is 1. The van der Waals surface area contributed by atoms with Gasteiger partial charge in [-0.05, 0) is 36.1 Å². The van der Waals surface area contributed by atoms with Crippen molar-refractivity contribution in [1.29, 1.82) is 0 Å². The quantitative estimate of drug-likeness (QED) is 0.592. The number of fused-ring (bicyclic) bond motifs is 2. The van der Waals surface area contributed by atoms with E-state index in [1.165, 1.54) is 0 Å². The highest BCUT2D eigenvalue weighted by Gasteiger charge is 2.22. The van der Waals surface area contributed by atoms with E-state index in [0.717, 1.165) is 21.9 Å². The Bertz CT molecular complexity index is 1140. The summed E-state index contributed by atoms with van der Waals surface area (Å²) in [6.07, 6.45) is 1.70. The van der Waals surface area contributed by atoms with Gasteiger partial charge in [-0.1, -0.05) is 36.4 Å². The molecule has 0 fully saturated rings. The first kappa shape index (κ1) is 16.1. The second-order valence-corrected chi connectivity index (χ2v) is 6.48. The van der Waals surface area contributed by atoms with Crippen LogP contribution in [0.4, 0.5) is 0 Å². The Morgan fingerprint density at radius 3 is 2.50 bits per heavy atom. The zero-order valence-corrected chi connectivity index (χ0v) is 14.6. The summed E-state index contributed by atoms with van der Waals surface area (Å²) in [6, 6.07) is 16.9. The minimum atomic E-state index is -0.198. The molecule has 0 aliphatic carbocycles. The molecule has 1 atom stereocenters. The molecule has 0 aliphatic rings. The number of carbonyl (C=O) groups is 1. The molecule has 2 heterocycles. The second-order valence-electron chi connectivity index (χ2n) is 6.48. The van der Waals surface area contributed by atoms with Crippen LogP contribution in [0.25, 0.3) is 21.7 Å². The van der Waals surface area contributed by atoms with E-state index in [0.29, 0.717) is 11.1 Å². The number of H-pyrrole nitrogens is 2. The van der Waals surface area contributed by atoms with Crippen LogP contribution in [0, 0.1) is 0 Å². The summed E-state index contributed by atoms with van der Waals surface area (Å²) in [6.45, 7) is 1.96. The van der Waals surface area contributed by atoms with Crippen LogP contribution in [-0.4, -0.2) is 27.8 Å². The first-order valence-electron chi connectivity index (χ1n) is 8.51. The highest BCUT2D eigenvalue weighted by molar-refractivity contribution is 5.98. The number of nitrogens with one attached hydrogen (secondary N) is 2. The highest BCUT2D eigenvalue weighted by atomic mass is 16.2. The Kier molecular flexibility index (Phi) is 3.84. The molecule has 1 amide bonds. The number of carbonyl (C=O) groups excluding carboxylic acids is 1. The lowest BCUT2D eigenvalue weighted by Gasteiger charge is -2.25. The van der Waals surface area contributed by atoms with E-state index in [2.05, 4.69) is 9.97 Å². The SMILES string of the molecule is C[C@@H](c1c[nH]c(=O)c2ccccc12)N(C)C(=O)c1cc2ccccc2[nH]1. The first-order valence-corrected chi connectivity index (χ1v) is 8.51. The fourth-order valence-electron chi connectivity index (χ4n) is 3.34. The summed E-state index contributed by atoms with van der Waals surface area (Å²) >= 11 is 0. The number of aromatic amines is 2. The number of nitrogens with zero attached hydrogens (tertiary/aromatic N) is 1. The van der Waals surface area contributed by atoms with Crippen LogP contribution in [0.15, 0.2) is 65.6 Å². The Hall–Kier alpha value is -3.34. The van der Waals surface area contributed by atoms with Crippen LogP contribution in [-0.2, 0) is 0 Å². The van der Waals surface area contributed by atoms with Crippen molar-refractivity contribution in [3.05, 3.63) is 82.4 Å². The molecule has 2 aromatic heterocycles. The maximum atomic E-state index is 13.0. The van der Waals surface area contributed by atoms with Crippen molar-refractivity contribution < 1.29 is 4.79 Å². The average molecular weight is 345 g/mol. The second kappa shape index (κ2) is 6.19. The fraction of sp³-hybridized carbons (Fsp3) is 0.143. The zero-order chi connectivity index (χ0) is 18.3. The van der Waals surface area contributed by atoms with Crippen molar-refractivity contribution in [2.75, 3.05) is 7.05 Å². The molecule has 0 radical (unpaired) electrons. The molecule has 0 aliphatic heterocycles. The molecule has 0 unspecified atom stereocenters. The number of hydrogen-bond donors (Lipinski definition) is 2. The van der Waals surface area contributed by atoms with Gasteiger partial charge in [0.1, 0.15) is 5.69 Å². The molecular weight excluding hydrogens is 326 g/mol. The van der Waals surface area contributed by atoms with Gasteiger partial charge in [-0.15, -0.1) is 0 Å². The number of rotatable bonds is 3. The van der Waals surface area contributed by atoms with E-state index < -0.39 is 0 Å². The summed E-state index contributed by atoms with van der Waals surface area (Å²) < 4.78 is 0. The molecule has 0 saturated heterocycles. The van der Waals surface area contributed by atoms with Gasteiger partial charge in [-0.3, -0.25) is 9.59 Å². The van der Waals surface area contributed by atoms with Gasteiger partial charge in [0.25, 0.3) is 11.5 Å². The largest absolute Gasteiger partial charge is 0.351 e. The topological polar surface area (TPSA) is 69.0 Å². The van der Waals surface area contributed by atoms with E-state index in [9.17, 15) is 9.59 Å². The number of para-hydroxylation sites is 1. The van der Waals surface area contributed by atoms with Gasteiger partial charge in [-0.25, -0.2) is 0 Å². The Morgan fingerprint density at radius 2 is 1.73 bits per heavy atom. The predicted octanol–water partition coefficient (Wildman–Crippen LogP) is 3.84. The number of amides is 1. The lowest BCUT2D eigenvalue weighted by molar-refractivity contribution is 0.0738. The zero-order valence-electron chi connectivity index (χ0n) is 14.6. The normalized spacial score (nSPS) is 12.4. The first-order chi connectivity index (χ1) is 12.6. The van der Waals surface area contributed by atoms with Crippen molar-refractivity contribution in [2.45, 2.75) is 13.0 Å². The summed E-state index contributed by atoms with van der Waals surface area (Å²) in [7, 11) is 1.78. The lowest BCUT2D eigenvalue weighted by Crippen LogP contribution is -2.30. The van der Waals surface area contributed by atoms with Gasteiger partial charge >= 0.3 is 0 Å². The molecule has 2 N–H and O–H groups in total. The average Bonchev–Trinajstić information content (AvgIpc) is 3.11. The third-order valence-electron chi connectivity index (χ3n) is 4.95. The summed E-state index contributed by atoms with van der Waals surface area (Å²) in [4.78, 5) is 32.6. The molecule has 4 rings (SSSR count). The van der Waals surface area contributed by atoms with E-state index in [4.69, 9.17) is 0 Å². The number of aromatic nitrogens is 2. The minimum Gasteiger partial charge on any atom is -0.351 e. The number of benzene rings is 2. The van der Waals surface area contributed by atoms with E-state index >= 15 is 0 Å². The van der Waals surface area contributed by atoms with E-state index in [-0.39, 0.29) is 17.5 Å². The number of hydrogen-bond acceptors (Lipinski definition) is 2. The Morgan fingerprint density at radius 1 is 1.04 bits per heavy atom. The summed E-state index contributed by atoms with van der Waals surface area (Å²) in [5, 5.41) is 2.50. The van der Waals surface area contributed by atoms with Crippen LogP contribution >= 0.6 is 0 Å². The van der Waals surface area contributed by atoms with Gasteiger partial charge < -0.3 is 14.9 Å². The lowest BCUT2D eigenvalue weighted by atomic mass is 10.0. The van der Waals surface area contributed by atoms with E-state index in [1.807, 2.05) is 55.5 Å². The third-order valence-corrected chi connectivity index (χ3v) is 4.95. The molecule has 26 heavy (non-hydrogen) atoms. The molecule has 4 aromatic rings. The van der Waals surface area contributed by atoms with Gasteiger partial charge in [-0.2, -0.15) is 0 Å². The molecule has 2 aromatic carbocycles. The smallest absolute Gasteiger partial charge is 0.270 e. The van der Waals surface area contributed by atoms with Crippen molar-refractivity contribution in [2.24, 2.45) is 0 Å². The standard InChI is InChI=1S/C21H19N3O2/c1-13(17-12-22-20(25)16-9-5-4-8-15(16)17)24(2)21(26)19-11-14-7-3-6-10-18(14)23-19/h3-13,23H,1-2H3,(H,22,25)/t13-/m0/s1. The van der Waals surface area contributed by atoms with Crippen molar-refractivity contribution >= 4 is 27.6 Å². The fourth-order valence-corrected chi connectivity index (χ4v) is 3.34. The molecule has 0 bridgehead atoms. The maximum Gasteiger partial charge on any atom is 0.270 e. The maximum absolute atomic E-state index is 13.0. The minimum absolute atomic E-state index is 0.0935. The molecule has 5 nitrogen and oxygen atoms in total. The van der Waals surface area contributed by atoms with E-state index in [1.54, 1.807) is 24.2 Å². The van der Waals surface area contributed by atoms with Gasteiger partial charge in [0.15, 0.2) is 0 Å². The molecular formula is C21H19N3O2. The van der Waals surface area contributed by atoms with Crippen molar-refractivity contribution in [3.63, 3.8) is 0 Å². The van der Waals surface area contributed by atoms with Crippen LogP contribution in [0.1, 0.15) is 29.0 Å². The van der Waals surface area contributed by atoms with Crippen LogP contribution in [0.2, 0.25) is 0 Å². The van der Waals surface area contributed by atoms with Crippen LogP contribution in [0.3, 0.4) is 0 Å². The van der Waals surface area contributed by atoms with Crippen molar-refractivity contribution in [1.82, 2.24) is 14.9 Å². The molecule has 0 spiro atoms. The highest BCUT2D eigenvalue weighted by Crippen LogP contribution is 2.26. The molecule has 5 heteroatoms. The van der Waals surface area contributed by atoms with Gasteiger partial charge in [0.05, 0.1) is 6.04 Å². The van der Waals surface area contributed by atoms with Gasteiger partial charge in [0.2, 0.25) is 0 Å². The Balaban J connectivity index is 1.72. The van der Waals surface area contributed by atoms with Crippen LogP contribution in [0.5, 0.6) is 0 Å². The van der Waals surface area contributed by atoms with Gasteiger partial charge in [0, 0.05) is 29.5 Å². The van der Waals surface area contributed by atoms with Crippen molar-refractivity contribution in [3.8, 4) is 0 Å². The molecule has 0 saturated carbocycles.